The Kier molecular flexibility index (Phi) is 5.71. The maximum absolute atomic E-state index is 13.0. The number of carbonyl (C=O) groups is 1. The molecule has 0 unspecified atom stereocenters. The number of para-hydroxylation sites is 1. The number of amides is 1. The lowest BCUT2D eigenvalue weighted by Crippen LogP contribution is -2.32. The highest BCUT2D eigenvalue weighted by Crippen LogP contribution is 2.27. The first kappa shape index (κ1) is 20.6. The quantitative estimate of drug-likeness (QED) is 0.465. The summed E-state index contributed by atoms with van der Waals surface area (Å²) < 4.78 is 3.70. The molecule has 31 heavy (non-hydrogen) atoms. The fourth-order valence-corrected chi connectivity index (χ4v) is 3.65. The van der Waals surface area contributed by atoms with Crippen molar-refractivity contribution in [1.82, 2.24) is 24.2 Å². The highest BCUT2D eigenvalue weighted by molar-refractivity contribution is 5.80. The Bertz CT molecular complexity index is 1180. The largest absolute Gasteiger partial charge is 0.339 e. The molecule has 2 aromatic heterocycles. The molecule has 0 aliphatic rings. The lowest BCUT2D eigenvalue weighted by molar-refractivity contribution is -0.133. The predicted molar refractivity (Wildman–Crippen MR) is 122 cm³/mol. The minimum Gasteiger partial charge on any atom is -0.339 e. The van der Waals surface area contributed by atoms with Crippen LogP contribution in [0.4, 0.5) is 0 Å². The van der Waals surface area contributed by atoms with Crippen LogP contribution >= 0.6 is 0 Å². The maximum Gasteiger partial charge on any atom is 0.245 e. The second-order valence-electron chi connectivity index (χ2n) is 7.96. The normalized spacial score (nSPS) is 12.0. The van der Waals surface area contributed by atoms with E-state index in [1.807, 2.05) is 65.9 Å². The third-order valence-corrected chi connectivity index (χ3v) is 5.70. The van der Waals surface area contributed by atoms with E-state index in [9.17, 15) is 4.79 Å². The Morgan fingerprint density at radius 1 is 1.10 bits per heavy atom. The van der Waals surface area contributed by atoms with E-state index in [2.05, 4.69) is 37.0 Å². The van der Waals surface area contributed by atoms with E-state index in [0.717, 1.165) is 22.5 Å². The van der Waals surface area contributed by atoms with E-state index in [1.165, 1.54) is 11.1 Å². The average Bonchev–Trinajstić information content (AvgIpc) is 3.46. The van der Waals surface area contributed by atoms with Crippen molar-refractivity contribution in [2.75, 3.05) is 7.05 Å². The Balaban J connectivity index is 1.69. The first-order valence-corrected chi connectivity index (χ1v) is 10.4. The van der Waals surface area contributed by atoms with Gasteiger partial charge in [0.2, 0.25) is 5.91 Å². The van der Waals surface area contributed by atoms with Gasteiger partial charge in [0, 0.05) is 43.3 Å². The number of likely N-dealkylation sites (N-methyl/N-ethyl adjacent to an activating group) is 1. The monoisotopic (exact) mass is 413 g/mol. The van der Waals surface area contributed by atoms with Crippen LogP contribution in [0.3, 0.4) is 0 Å². The minimum absolute atomic E-state index is 0.0245. The first-order chi connectivity index (χ1) is 14.9. The molecule has 0 radical (unpaired) electrons. The van der Waals surface area contributed by atoms with Crippen molar-refractivity contribution in [1.29, 1.82) is 0 Å². The van der Waals surface area contributed by atoms with E-state index in [0.29, 0.717) is 6.54 Å². The molecule has 4 aromatic rings. The lowest BCUT2D eigenvalue weighted by Gasteiger charge is -2.22. The number of nitrogens with zero attached hydrogens (tertiary/aromatic N) is 5. The average molecular weight is 414 g/mol. The summed E-state index contributed by atoms with van der Waals surface area (Å²) in [4.78, 5) is 18.8. The molecule has 0 bridgehead atoms. The first-order valence-electron chi connectivity index (χ1n) is 10.4. The van der Waals surface area contributed by atoms with Gasteiger partial charge in [0.1, 0.15) is 6.04 Å². The predicted octanol–water partition coefficient (Wildman–Crippen LogP) is 4.57. The maximum atomic E-state index is 13.0. The van der Waals surface area contributed by atoms with Gasteiger partial charge in [-0.2, -0.15) is 5.10 Å². The molecule has 0 fully saturated rings. The number of benzene rings is 2. The zero-order chi connectivity index (χ0) is 22.0. The zero-order valence-corrected chi connectivity index (χ0v) is 18.4. The van der Waals surface area contributed by atoms with Gasteiger partial charge in [-0.05, 0) is 50.1 Å². The molecule has 0 aliphatic carbocycles. The number of hydrogen-bond acceptors (Lipinski definition) is 3. The second kappa shape index (κ2) is 8.60. The van der Waals surface area contributed by atoms with Gasteiger partial charge in [-0.1, -0.05) is 30.3 Å². The highest BCUT2D eigenvalue weighted by atomic mass is 16.2. The number of aryl methyl sites for hydroxylation is 2. The van der Waals surface area contributed by atoms with Crippen LogP contribution in [0, 0.1) is 13.8 Å². The fourth-order valence-electron chi connectivity index (χ4n) is 3.65. The van der Waals surface area contributed by atoms with Crippen LogP contribution in [0.25, 0.3) is 16.9 Å². The molecule has 2 aromatic carbocycles. The van der Waals surface area contributed by atoms with E-state index >= 15 is 0 Å². The van der Waals surface area contributed by atoms with E-state index in [4.69, 9.17) is 5.10 Å². The van der Waals surface area contributed by atoms with Crippen molar-refractivity contribution in [3.05, 3.63) is 90.1 Å². The summed E-state index contributed by atoms with van der Waals surface area (Å²) in [5.74, 6) is 0.0245. The Morgan fingerprint density at radius 3 is 2.55 bits per heavy atom. The minimum atomic E-state index is -0.318. The van der Waals surface area contributed by atoms with Crippen molar-refractivity contribution >= 4 is 5.91 Å². The molecule has 2 heterocycles. The van der Waals surface area contributed by atoms with E-state index in [-0.39, 0.29) is 11.9 Å². The van der Waals surface area contributed by atoms with Crippen LogP contribution in [-0.2, 0) is 11.3 Å². The summed E-state index contributed by atoms with van der Waals surface area (Å²) in [6.45, 7) is 6.56. The molecule has 0 spiro atoms. The summed E-state index contributed by atoms with van der Waals surface area (Å²) in [5.41, 5.74) is 6.39. The molecule has 1 atom stereocenters. The molecular formula is C25H27N5O. The van der Waals surface area contributed by atoms with Crippen LogP contribution in [0.5, 0.6) is 0 Å². The molecular weight excluding hydrogens is 386 g/mol. The van der Waals surface area contributed by atoms with Gasteiger partial charge in [-0.3, -0.25) is 4.79 Å². The highest BCUT2D eigenvalue weighted by Gasteiger charge is 2.21. The lowest BCUT2D eigenvalue weighted by atomic mass is 10.0. The molecule has 1 amide bonds. The van der Waals surface area contributed by atoms with Crippen LogP contribution in [0.1, 0.15) is 29.7 Å². The third kappa shape index (κ3) is 4.28. The van der Waals surface area contributed by atoms with Gasteiger partial charge < -0.3 is 9.47 Å². The molecule has 0 aliphatic heterocycles. The summed E-state index contributed by atoms with van der Waals surface area (Å²) in [5, 5.41) is 4.89. The van der Waals surface area contributed by atoms with Crippen molar-refractivity contribution in [3.8, 4) is 16.9 Å². The van der Waals surface area contributed by atoms with Gasteiger partial charge in [0.25, 0.3) is 0 Å². The fraction of sp³-hybridized carbons (Fsp3) is 0.240. The summed E-state index contributed by atoms with van der Waals surface area (Å²) in [7, 11) is 1.83. The van der Waals surface area contributed by atoms with E-state index in [1.54, 1.807) is 17.4 Å². The van der Waals surface area contributed by atoms with Crippen LogP contribution in [0.2, 0.25) is 0 Å². The van der Waals surface area contributed by atoms with Crippen LogP contribution in [-0.4, -0.2) is 37.2 Å². The van der Waals surface area contributed by atoms with Crippen molar-refractivity contribution in [3.63, 3.8) is 0 Å². The molecule has 6 nitrogen and oxygen atoms in total. The van der Waals surface area contributed by atoms with Crippen molar-refractivity contribution in [2.45, 2.75) is 33.4 Å². The molecule has 158 valence electrons. The van der Waals surface area contributed by atoms with Crippen LogP contribution in [0.15, 0.2) is 73.4 Å². The number of imidazole rings is 1. The van der Waals surface area contributed by atoms with Gasteiger partial charge in [0.15, 0.2) is 0 Å². The Hall–Kier alpha value is -3.67. The second-order valence-corrected chi connectivity index (χ2v) is 7.96. The van der Waals surface area contributed by atoms with Gasteiger partial charge in [-0.25, -0.2) is 9.67 Å². The zero-order valence-electron chi connectivity index (χ0n) is 18.4. The smallest absolute Gasteiger partial charge is 0.245 e. The van der Waals surface area contributed by atoms with E-state index < -0.39 is 0 Å². The van der Waals surface area contributed by atoms with Crippen molar-refractivity contribution in [2.24, 2.45) is 0 Å². The Labute approximate surface area is 182 Å². The number of aromatic nitrogens is 4. The standard InChI is InChI=1S/C25H27N5O/c1-18-10-11-21(14-19(18)2)24-22(16-30(27-24)23-8-6-5-7-9-23)15-28(4)25(31)20(3)29-13-12-26-17-29/h5-14,16-17,20H,15H2,1-4H3/t20-/m1/s1. The summed E-state index contributed by atoms with van der Waals surface area (Å²) in [6.07, 6.45) is 7.19. The number of carbonyl (C=O) groups excluding carboxylic acids is 1. The SMILES string of the molecule is Cc1ccc(-c2nn(-c3ccccc3)cc2CN(C)C(=O)[C@@H](C)n2ccnc2)cc1C. The summed E-state index contributed by atoms with van der Waals surface area (Å²) in [6, 6.07) is 16.1. The van der Waals surface area contributed by atoms with Crippen LogP contribution < -0.4 is 0 Å². The third-order valence-electron chi connectivity index (χ3n) is 5.70. The Morgan fingerprint density at radius 2 is 1.87 bits per heavy atom. The summed E-state index contributed by atoms with van der Waals surface area (Å²) >= 11 is 0. The molecule has 6 heteroatoms. The van der Waals surface area contributed by atoms with Crippen molar-refractivity contribution < 1.29 is 4.79 Å². The molecule has 0 saturated heterocycles. The van der Waals surface area contributed by atoms with Gasteiger partial charge in [-0.15, -0.1) is 0 Å². The topological polar surface area (TPSA) is 56.0 Å². The molecule has 4 rings (SSSR count). The number of hydrogen-bond donors (Lipinski definition) is 0. The molecule has 0 N–H and O–H groups in total. The van der Waals surface area contributed by atoms with Gasteiger partial charge >= 0.3 is 0 Å². The molecule has 0 saturated carbocycles. The van der Waals surface area contributed by atoms with Gasteiger partial charge in [0.05, 0.1) is 17.7 Å². The number of rotatable bonds is 6.